The number of carbonyl (C=O) groups is 1. The Balaban J connectivity index is 2.06. The summed E-state index contributed by atoms with van der Waals surface area (Å²) in [7, 11) is 4.09. The number of amides is 2. The maximum atomic E-state index is 13.0. The fraction of sp³-hybridized carbons (Fsp3) is 0.650. The number of aromatic hydroxyl groups is 1. The van der Waals surface area contributed by atoms with E-state index in [-0.39, 0.29) is 17.8 Å². The van der Waals surface area contributed by atoms with Crippen molar-refractivity contribution >= 4 is 6.03 Å². The number of likely N-dealkylation sites (N-methyl/N-ethyl adjacent to an activating group) is 1. The van der Waals surface area contributed by atoms with Crippen molar-refractivity contribution in [2.75, 3.05) is 27.2 Å². The second-order valence-electron chi connectivity index (χ2n) is 7.29. The van der Waals surface area contributed by atoms with E-state index in [1.807, 2.05) is 31.1 Å². The zero-order chi connectivity index (χ0) is 18.2. The van der Waals surface area contributed by atoms with Crippen LogP contribution in [0.2, 0.25) is 0 Å². The number of nitrogens with zero attached hydrogens (tertiary/aromatic N) is 2. The summed E-state index contributed by atoms with van der Waals surface area (Å²) in [5.41, 5.74) is 1.03. The van der Waals surface area contributed by atoms with E-state index in [0.717, 1.165) is 37.9 Å². The van der Waals surface area contributed by atoms with Crippen LogP contribution in [0, 0.1) is 0 Å². The minimum atomic E-state index is -0.0291. The largest absolute Gasteiger partial charge is 0.508 e. The normalized spacial score (nSPS) is 16.6. The quantitative estimate of drug-likeness (QED) is 0.790. The van der Waals surface area contributed by atoms with Gasteiger partial charge >= 0.3 is 6.03 Å². The second kappa shape index (κ2) is 9.66. The summed E-state index contributed by atoms with van der Waals surface area (Å²) >= 11 is 0. The first-order valence-electron chi connectivity index (χ1n) is 9.52. The number of phenols is 1. The van der Waals surface area contributed by atoms with E-state index < -0.39 is 0 Å². The van der Waals surface area contributed by atoms with E-state index in [0.29, 0.717) is 6.04 Å². The van der Waals surface area contributed by atoms with Crippen LogP contribution in [0.25, 0.3) is 0 Å². The van der Waals surface area contributed by atoms with E-state index in [1.165, 1.54) is 19.3 Å². The van der Waals surface area contributed by atoms with E-state index in [1.54, 1.807) is 12.1 Å². The Labute approximate surface area is 152 Å². The van der Waals surface area contributed by atoms with Crippen molar-refractivity contribution in [3.05, 3.63) is 29.8 Å². The van der Waals surface area contributed by atoms with Gasteiger partial charge < -0.3 is 20.2 Å². The van der Waals surface area contributed by atoms with Gasteiger partial charge in [0.05, 0.1) is 6.04 Å². The highest BCUT2D eigenvalue weighted by Crippen LogP contribution is 2.24. The molecule has 0 aliphatic heterocycles. The van der Waals surface area contributed by atoms with Crippen LogP contribution < -0.4 is 5.32 Å². The third-order valence-corrected chi connectivity index (χ3v) is 5.07. The molecule has 0 heterocycles. The Hall–Kier alpha value is -1.75. The molecule has 1 saturated carbocycles. The highest BCUT2D eigenvalue weighted by atomic mass is 16.3. The lowest BCUT2D eigenvalue weighted by atomic mass is 9.94. The monoisotopic (exact) mass is 347 g/mol. The topological polar surface area (TPSA) is 55.8 Å². The molecule has 2 rings (SSSR count). The minimum absolute atomic E-state index is 0.0291. The molecule has 0 radical (unpaired) electrons. The van der Waals surface area contributed by atoms with Crippen LogP contribution >= 0.6 is 0 Å². The van der Waals surface area contributed by atoms with Gasteiger partial charge in [-0.25, -0.2) is 4.79 Å². The molecule has 1 aliphatic rings. The molecule has 0 aromatic heterocycles. The summed E-state index contributed by atoms with van der Waals surface area (Å²) < 4.78 is 0. The molecule has 2 N–H and O–H groups in total. The van der Waals surface area contributed by atoms with Crippen LogP contribution in [0.15, 0.2) is 24.3 Å². The van der Waals surface area contributed by atoms with Gasteiger partial charge in [-0.05, 0) is 51.1 Å². The summed E-state index contributed by atoms with van der Waals surface area (Å²) in [5, 5.41) is 12.7. The number of phenolic OH excluding ortho intramolecular Hbond substituents is 1. The van der Waals surface area contributed by atoms with Crippen LogP contribution in [0.1, 0.15) is 57.1 Å². The van der Waals surface area contributed by atoms with Gasteiger partial charge in [0.15, 0.2) is 0 Å². The van der Waals surface area contributed by atoms with Gasteiger partial charge in [-0.2, -0.15) is 0 Å². The molecule has 25 heavy (non-hydrogen) atoms. The van der Waals surface area contributed by atoms with Crippen molar-refractivity contribution in [2.45, 2.75) is 57.5 Å². The average molecular weight is 348 g/mol. The molecule has 0 unspecified atom stereocenters. The fourth-order valence-corrected chi connectivity index (χ4v) is 3.51. The first-order valence-corrected chi connectivity index (χ1v) is 9.52. The predicted molar refractivity (Wildman–Crippen MR) is 102 cm³/mol. The molecule has 0 bridgehead atoms. The zero-order valence-electron chi connectivity index (χ0n) is 15.9. The number of hydrogen-bond acceptors (Lipinski definition) is 3. The van der Waals surface area contributed by atoms with Crippen LogP contribution in [-0.2, 0) is 0 Å². The first kappa shape index (κ1) is 19.6. The maximum Gasteiger partial charge on any atom is 0.318 e. The molecule has 1 aromatic carbocycles. The molecule has 1 atom stereocenters. The zero-order valence-corrected chi connectivity index (χ0v) is 15.9. The molecule has 0 spiro atoms. The van der Waals surface area contributed by atoms with Gasteiger partial charge in [0.1, 0.15) is 5.75 Å². The molecule has 1 aliphatic carbocycles. The predicted octanol–water partition coefficient (Wildman–Crippen LogP) is 3.75. The molecular formula is C20H33N3O2. The lowest BCUT2D eigenvalue weighted by Gasteiger charge is -2.36. The van der Waals surface area contributed by atoms with Crippen LogP contribution in [0.4, 0.5) is 4.79 Å². The van der Waals surface area contributed by atoms with E-state index in [2.05, 4.69) is 17.1 Å². The summed E-state index contributed by atoms with van der Waals surface area (Å²) in [5.74, 6) is 0.250. The Bertz CT molecular complexity index is 524. The van der Waals surface area contributed by atoms with Crippen molar-refractivity contribution in [3.63, 3.8) is 0 Å². The number of hydrogen-bond donors (Lipinski definition) is 2. The first-order chi connectivity index (χ1) is 12.0. The van der Waals surface area contributed by atoms with Gasteiger partial charge in [0.25, 0.3) is 0 Å². The molecule has 5 nitrogen and oxygen atoms in total. The Morgan fingerprint density at radius 1 is 1.16 bits per heavy atom. The highest BCUT2D eigenvalue weighted by molar-refractivity contribution is 5.75. The summed E-state index contributed by atoms with van der Waals surface area (Å²) in [6, 6.07) is 7.48. The van der Waals surface area contributed by atoms with E-state index in [9.17, 15) is 9.90 Å². The minimum Gasteiger partial charge on any atom is -0.508 e. The lowest BCUT2D eigenvalue weighted by molar-refractivity contribution is 0.145. The van der Waals surface area contributed by atoms with Gasteiger partial charge in [-0.15, -0.1) is 0 Å². The molecule has 2 amide bonds. The number of rotatable bonds is 7. The lowest BCUT2D eigenvalue weighted by Crippen LogP contribution is -2.50. The van der Waals surface area contributed by atoms with Crippen LogP contribution in [0.3, 0.4) is 0 Å². The molecule has 140 valence electrons. The summed E-state index contributed by atoms with van der Waals surface area (Å²) in [4.78, 5) is 17.2. The van der Waals surface area contributed by atoms with Crippen LogP contribution in [0.5, 0.6) is 5.75 Å². The SMILES string of the molecule is CC[C@@H](NC(=O)N(CCN(C)C)C1CCCCC1)c1ccc(O)cc1. The van der Waals surface area contributed by atoms with Crippen molar-refractivity contribution in [3.8, 4) is 5.75 Å². The molecule has 0 saturated heterocycles. The average Bonchev–Trinajstić information content (AvgIpc) is 2.61. The fourth-order valence-electron chi connectivity index (χ4n) is 3.51. The maximum absolute atomic E-state index is 13.0. The van der Waals surface area contributed by atoms with E-state index >= 15 is 0 Å². The molecular weight excluding hydrogens is 314 g/mol. The van der Waals surface area contributed by atoms with E-state index in [4.69, 9.17) is 0 Å². The standard InChI is InChI=1S/C20H33N3O2/c1-4-19(16-10-12-18(24)13-11-16)21-20(25)23(15-14-22(2)3)17-8-6-5-7-9-17/h10-13,17,19,24H,4-9,14-15H2,1-3H3,(H,21,25)/t19-/m1/s1. The van der Waals surface area contributed by atoms with Crippen molar-refractivity contribution < 1.29 is 9.90 Å². The Kier molecular flexibility index (Phi) is 7.56. The Morgan fingerprint density at radius 2 is 1.80 bits per heavy atom. The molecule has 1 aromatic rings. The summed E-state index contributed by atoms with van der Waals surface area (Å²) in [6.45, 7) is 3.71. The van der Waals surface area contributed by atoms with Gasteiger partial charge in [0.2, 0.25) is 0 Å². The number of carbonyl (C=O) groups excluding carboxylic acids is 1. The van der Waals surface area contributed by atoms with Gasteiger partial charge in [0, 0.05) is 19.1 Å². The third kappa shape index (κ3) is 5.92. The van der Waals surface area contributed by atoms with Gasteiger partial charge in [-0.1, -0.05) is 38.3 Å². The van der Waals surface area contributed by atoms with Crippen LogP contribution in [-0.4, -0.2) is 54.2 Å². The molecule has 1 fully saturated rings. The highest BCUT2D eigenvalue weighted by Gasteiger charge is 2.26. The number of benzene rings is 1. The summed E-state index contributed by atoms with van der Waals surface area (Å²) in [6.07, 6.45) is 6.75. The third-order valence-electron chi connectivity index (χ3n) is 5.07. The van der Waals surface area contributed by atoms with Gasteiger partial charge in [-0.3, -0.25) is 0 Å². The van der Waals surface area contributed by atoms with Crippen molar-refractivity contribution in [2.24, 2.45) is 0 Å². The smallest absolute Gasteiger partial charge is 0.318 e. The van der Waals surface area contributed by atoms with Crippen molar-refractivity contribution in [1.82, 2.24) is 15.1 Å². The second-order valence-corrected chi connectivity index (χ2v) is 7.29. The number of nitrogens with one attached hydrogen (secondary N) is 1. The number of urea groups is 1. The van der Waals surface area contributed by atoms with Crippen molar-refractivity contribution in [1.29, 1.82) is 0 Å². The molecule has 5 heteroatoms. The Morgan fingerprint density at radius 3 is 2.36 bits per heavy atom.